The third-order valence-corrected chi connectivity index (χ3v) is 4.09. The number of halogens is 1. The van der Waals surface area contributed by atoms with Crippen molar-refractivity contribution in [2.24, 2.45) is 0 Å². The van der Waals surface area contributed by atoms with Gasteiger partial charge in [0, 0.05) is 16.2 Å². The monoisotopic (exact) mass is 239 g/mol. The van der Waals surface area contributed by atoms with Gasteiger partial charge < -0.3 is 5.32 Å². The Morgan fingerprint density at radius 2 is 2.31 bits per heavy atom. The number of hydrogen-bond acceptors (Lipinski definition) is 2. The zero-order valence-corrected chi connectivity index (χ0v) is 10.6. The molecule has 0 aromatic heterocycles. The lowest BCUT2D eigenvalue weighted by atomic mass is 10.0. The maximum absolute atomic E-state index is 13.2. The molecule has 3 heteroatoms. The van der Waals surface area contributed by atoms with Crippen molar-refractivity contribution in [3.05, 3.63) is 29.6 Å². The highest BCUT2D eigenvalue weighted by atomic mass is 32.2. The summed E-state index contributed by atoms with van der Waals surface area (Å²) < 4.78 is 13.2. The molecule has 0 radical (unpaired) electrons. The summed E-state index contributed by atoms with van der Waals surface area (Å²) >= 11 is 1.78. The number of fused-ring (bicyclic) bond motifs is 1. The average molecular weight is 239 g/mol. The van der Waals surface area contributed by atoms with Gasteiger partial charge in [-0.2, -0.15) is 0 Å². The minimum atomic E-state index is -0.130. The van der Waals surface area contributed by atoms with E-state index in [1.807, 2.05) is 6.07 Å². The molecule has 1 aromatic carbocycles. The third kappa shape index (κ3) is 2.58. The highest BCUT2D eigenvalue weighted by Gasteiger charge is 2.24. The number of benzene rings is 1. The van der Waals surface area contributed by atoms with E-state index in [-0.39, 0.29) is 5.82 Å². The number of thioether (sulfide) groups is 1. The van der Waals surface area contributed by atoms with Gasteiger partial charge in [-0.1, -0.05) is 19.9 Å². The van der Waals surface area contributed by atoms with E-state index in [4.69, 9.17) is 0 Å². The normalized spacial score (nSPS) is 24.2. The molecule has 1 aliphatic rings. The maximum Gasteiger partial charge on any atom is 0.124 e. The molecule has 1 nitrogen and oxygen atoms in total. The van der Waals surface area contributed by atoms with Crippen LogP contribution in [0.4, 0.5) is 4.39 Å². The summed E-state index contributed by atoms with van der Waals surface area (Å²) in [6, 6.07) is 5.55. The Labute approximate surface area is 101 Å². The zero-order valence-electron chi connectivity index (χ0n) is 9.79. The molecule has 2 atom stereocenters. The first-order chi connectivity index (χ1) is 7.70. The van der Waals surface area contributed by atoms with Crippen LogP contribution in [-0.4, -0.2) is 11.8 Å². The van der Waals surface area contributed by atoms with E-state index >= 15 is 0 Å². The van der Waals surface area contributed by atoms with Crippen LogP contribution in [0, 0.1) is 5.82 Å². The lowest BCUT2D eigenvalue weighted by Crippen LogP contribution is -2.27. The second-order valence-electron chi connectivity index (χ2n) is 4.35. The third-order valence-electron chi connectivity index (χ3n) is 2.89. The molecule has 0 saturated carbocycles. The van der Waals surface area contributed by atoms with E-state index in [9.17, 15) is 4.39 Å². The van der Waals surface area contributed by atoms with Crippen LogP contribution in [0.15, 0.2) is 23.1 Å². The van der Waals surface area contributed by atoms with Crippen molar-refractivity contribution >= 4 is 11.8 Å². The molecule has 16 heavy (non-hydrogen) atoms. The van der Waals surface area contributed by atoms with Gasteiger partial charge in [0.25, 0.3) is 0 Å². The minimum absolute atomic E-state index is 0.130. The summed E-state index contributed by atoms with van der Waals surface area (Å²) in [5.41, 5.74) is 1.26. The van der Waals surface area contributed by atoms with Gasteiger partial charge in [-0.25, -0.2) is 4.39 Å². The van der Waals surface area contributed by atoms with Crippen LogP contribution >= 0.6 is 11.8 Å². The largest absolute Gasteiger partial charge is 0.310 e. The molecule has 1 heterocycles. The first kappa shape index (κ1) is 11.9. The summed E-state index contributed by atoms with van der Waals surface area (Å²) in [5.74, 6) is -0.130. The van der Waals surface area contributed by atoms with Gasteiger partial charge in [-0.05, 0) is 37.1 Å². The van der Waals surface area contributed by atoms with Gasteiger partial charge >= 0.3 is 0 Å². The molecule has 1 aromatic rings. The molecule has 1 N–H and O–H groups in total. The predicted molar refractivity (Wildman–Crippen MR) is 67.4 cm³/mol. The standard InChI is InChI=1S/C13H18FNS/c1-3-6-15-12-7-9(2)16-13-8-10(14)4-5-11(12)13/h4-5,8-9,12,15H,3,6-7H2,1-2H3. The maximum atomic E-state index is 13.2. The first-order valence-electron chi connectivity index (χ1n) is 5.90. The summed E-state index contributed by atoms with van der Waals surface area (Å²) in [4.78, 5) is 1.10. The Hall–Kier alpha value is -0.540. The molecule has 2 unspecified atom stereocenters. The lowest BCUT2D eigenvalue weighted by Gasteiger charge is -2.30. The van der Waals surface area contributed by atoms with Crippen molar-refractivity contribution in [3.8, 4) is 0 Å². The lowest BCUT2D eigenvalue weighted by molar-refractivity contribution is 0.483. The summed E-state index contributed by atoms with van der Waals surface area (Å²) in [5, 5.41) is 4.10. The quantitative estimate of drug-likeness (QED) is 0.862. The highest BCUT2D eigenvalue weighted by Crippen LogP contribution is 2.40. The van der Waals surface area contributed by atoms with Gasteiger partial charge in [0.2, 0.25) is 0 Å². The van der Waals surface area contributed by atoms with Gasteiger partial charge in [-0.3, -0.25) is 0 Å². The van der Waals surface area contributed by atoms with E-state index < -0.39 is 0 Å². The van der Waals surface area contributed by atoms with E-state index in [0.29, 0.717) is 11.3 Å². The van der Waals surface area contributed by atoms with Crippen molar-refractivity contribution < 1.29 is 4.39 Å². The van der Waals surface area contributed by atoms with E-state index in [2.05, 4.69) is 19.2 Å². The van der Waals surface area contributed by atoms with Crippen LogP contribution in [0.25, 0.3) is 0 Å². The Bertz CT molecular complexity index is 367. The number of hydrogen-bond donors (Lipinski definition) is 1. The van der Waals surface area contributed by atoms with Crippen molar-refractivity contribution in [2.75, 3.05) is 6.54 Å². The Morgan fingerprint density at radius 3 is 3.06 bits per heavy atom. The van der Waals surface area contributed by atoms with E-state index in [1.165, 1.54) is 5.56 Å². The van der Waals surface area contributed by atoms with Crippen LogP contribution in [0.3, 0.4) is 0 Å². The highest BCUT2D eigenvalue weighted by molar-refractivity contribution is 8.00. The zero-order chi connectivity index (χ0) is 11.5. The summed E-state index contributed by atoms with van der Waals surface area (Å²) in [7, 11) is 0. The Kier molecular flexibility index (Phi) is 3.87. The van der Waals surface area contributed by atoms with Gasteiger partial charge in [0.05, 0.1) is 0 Å². The van der Waals surface area contributed by atoms with Crippen LogP contribution in [0.1, 0.15) is 38.3 Å². The molecule has 1 aliphatic heterocycles. The SMILES string of the molecule is CCCNC1CC(C)Sc2cc(F)ccc21. The summed E-state index contributed by atoms with van der Waals surface area (Å²) in [6.45, 7) is 5.40. The first-order valence-corrected chi connectivity index (χ1v) is 6.78. The Morgan fingerprint density at radius 1 is 1.50 bits per heavy atom. The topological polar surface area (TPSA) is 12.0 Å². The number of nitrogens with one attached hydrogen (secondary N) is 1. The van der Waals surface area contributed by atoms with Crippen molar-refractivity contribution in [3.63, 3.8) is 0 Å². The molecule has 0 fully saturated rings. The van der Waals surface area contributed by atoms with E-state index in [1.54, 1.807) is 23.9 Å². The molecule has 0 amide bonds. The fourth-order valence-electron chi connectivity index (χ4n) is 2.13. The predicted octanol–water partition coefficient (Wildman–Crippen LogP) is 3.75. The molecule has 0 aliphatic carbocycles. The summed E-state index contributed by atoms with van der Waals surface area (Å²) in [6.07, 6.45) is 2.26. The second-order valence-corrected chi connectivity index (χ2v) is 5.83. The van der Waals surface area contributed by atoms with Crippen LogP contribution in [0.2, 0.25) is 0 Å². The van der Waals surface area contributed by atoms with Crippen LogP contribution in [-0.2, 0) is 0 Å². The fraction of sp³-hybridized carbons (Fsp3) is 0.538. The van der Waals surface area contributed by atoms with Crippen molar-refractivity contribution in [1.29, 1.82) is 0 Å². The molecule has 0 saturated heterocycles. The molecule has 0 bridgehead atoms. The van der Waals surface area contributed by atoms with Crippen molar-refractivity contribution in [2.45, 2.75) is 42.9 Å². The van der Waals surface area contributed by atoms with Crippen LogP contribution in [0.5, 0.6) is 0 Å². The molecular weight excluding hydrogens is 221 g/mol. The molecule has 88 valence electrons. The fourth-order valence-corrected chi connectivity index (χ4v) is 3.38. The molecule has 2 rings (SSSR count). The van der Waals surface area contributed by atoms with Gasteiger partial charge in [0.1, 0.15) is 5.82 Å². The van der Waals surface area contributed by atoms with E-state index in [0.717, 1.165) is 24.3 Å². The van der Waals surface area contributed by atoms with Crippen molar-refractivity contribution in [1.82, 2.24) is 5.32 Å². The van der Waals surface area contributed by atoms with Gasteiger partial charge in [-0.15, -0.1) is 11.8 Å². The average Bonchev–Trinajstić information content (AvgIpc) is 2.25. The minimum Gasteiger partial charge on any atom is -0.310 e. The second kappa shape index (κ2) is 5.19. The number of rotatable bonds is 3. The smallest absolute Gasteiger partial charge is 0.124 e. The van der Waals surface area contributed by atoms with Gasteiger partial charge in [0.15, 0.2) is 0 Å². The van der Waals surface area contributed by atoms with Crippen LogP contribution < -0.4 is 5.32 Å². The molecule has 0 spiro atoms. The Balaban J connectivity index is 2.23. The molecular formula is C13H18FNS.